The van der Waals surface area contributed by atoms with E-state index in [-0.39, 0.29) is 0 Å². The predicted molar refractivity (Wildman–Crippen MR) is 101 cm³/mol. The Kier molecular flexibility index (Phi) is 4.94. The molecule has 0 radical (unpaired) electrons. The number of halogens is 3. The molecule has 0 aliphatic heterocycles. The quantitative estimate of drug-likeness (QED) is 0.556. The van der Waals surface area contributed by atoms with Gasteiger partial charge in [-0.25, -0.2) is 9.97 Å². The first-order valence-corrected chi connectivity index (χ1v) is 8.02. The summed E-state index contributed by atoms with van der Waals surface area (Å²) in [6, 6.07) is 12.4. The van der Waals surface area contributed by atoms with Gasteiger partial charge in [-0.05, 0) is 36.4 Å². The normalized spacial score (nSPS) is 10.5. The molecule has 8 heteroatoms. The second-order valence-electron chi connectivity index (χ2n) is 4.84. The van der Waals surface area contributed by atoms with E-state index in [0.717, 1.165) is 5.69 Å². The first-order chi connectivity index (χ1) is 11.5. The molecule has 24 heavy (non-hydrogen) atoms. The van der Waals surface area contributed by atoms with Crippen molar-refractivity contribution >= 4 is 63.5 Å². The molecular weight excluding hydrogens is 369 g/mol. The summed E-state index contributed by atoms with van der Waals surface area (Å²) in [4.78, 5) is 8.31. The van der Waals surface area contributed by atoms with Gasteiger partial charge in [-0.3, -0.25) is 0 Å². The zero-order valence-corrected chi connectivity index (χ0v) is 14.5. The van der Waals surface area contributed by atoms with Gasteiger partial charge in [0.2, 0.25) is 0 Å². The molecule has 122 valence electrons. The standard InChI is InChI=1S/C16H12Cl3N5/c17-9-4-6-10(7-5-9)23-15-14(20)16(22-8-21-15)24-12-3-1-2-11(18)13(12)19/h1-8H,20H2,(H2,21,22,23,24). The maximum absolute atomic E-state index is 6.17. The van der Waals surface area contributed by atoms with Gasteiger partial charge in [0.25, 0.3) is 0 Å². The van der Waals surface area contributed by atoms with Crippen LogP contribution in [0.2, 0.25) is 15.1 Å². The average molecular weight is 381 g/mol. The Morgan fingerprint density at radius 1 is 0.833 bits per heavy atom. The van der Waals surface area contributed by atoms with Crippen LogP contribution < -0.4 is 16.4 Å². The van der Waals surface area contributed by atoms with E-state index in [1.807, 2.05) is 12.1 Å². The lowest BCUT2D eigenvalue weighted by molar-refractivity contribution is 1.17. The Morgan fingerprint density at radius 2 is 1.50 bits per heavy atom. The lowest BCUT2D eigenvalue weighted by Gasteiger charge is -2.13. The van der Waals surface area contributed by atoms with Gasteiger partial charge in [-0.15, -0.1) is 0 Å². The van der Waals surface area contributed by atoms with Crippen molar-refractivity contribution in [2.45, 2.75) is 0 Å². The van der Waals surface area contributed by atoms with Gasteiger partial charge < -0.3 is 16.4 Å². The number of nitrogens with two attached hydrogens (primary N) is 1. The van der Waals surface area contributed by atoms with Gasteiger partial charge in [-0.1, -0.05) is 40.9 Å². The van der Waals surface area contributed by atoms with Crippen molar-refractivity contribution in [3.63, 3.8) is 0 Å². The Hall–Kier alpha value is -2.21. The zero-order valence-electron chi connectivity index (χ0n) is 12.2. The van der Waals surface area contributed by atoms with Crippen molar-refractivity contribution in [2.75, 3.05) is 16.4 Å². The Bertz CT molecular complexity index is 868. The largest absolute Gasteiger partial charge is 0.393 e. The topological polar surface area (TPSA) is 75.9 Å². The average Bonchev–Trinajstić information content (AvgIpc) is 2.57. The molecule has 3 rings (SSSR count). The third kappa shape index (κ3) is 3.64. The van der Waals surface area contributed by atoms with Gasteiger partial charge >= 0.3 is 0 Å². The van der Waals surface area contributed by atoms with Gasteiger partial charge in [0.15, 0.2) is 11.6 Å². The van der Waals surface area contributed by atoms with Crippen LogP contribution in [0.3, 0.4) is 0 Å². The number of nitrogens with one attached hydrogen (secondary N) is 2. The van der Waals surface area contributed by atoms with E-state index >= 15 is 0 Å². The summed E-state index contributed by atoms with van der Waals surface area (Å²) in [6.07, 6.45) is 1.40. The lowest BCUT2D eigenvalue weighted by Crippen LogP contribution is -2.05. The second-order valence-corrected chi connectivity index (χ2v) is 6.06. The summed E-state index contributed by atoms with van der Waals surface area (Å²) >= 11 is 18.1. The summed E-state index contributed by atoms with van der Waals surface area (Å²) < 4.78 is 0. The number of anilines is 5. The predicted octanol–water partition coefficient (Wildman–Crippen LogP) is 5.51. The Balaban J connectivity index is 1.88. The summed E-state index contributed by atoms with van der Waals surface area (Å²) in [7, 11) is 0. The molecule has 0 saturated carbocycles. The summed E-state index contributed by atoms with van der Waals surface area (Å²) in [5.74, 6) is 0.888. The van der Waals surface area contributed by atoms with Gasteiger partial charge in [0.1, 0.15) is 12.0 Å². The summed E-state index contributed by atoms with van der Waals surface area (Å²) in [6.45, 7) is 0. The molecule has 0 spiro atoms. The van der Waals surface area contributed by atoms with Gasteiger partial charge in [-0.2, -0.15) is 0 Å². The molecule has 3 aromatic rings. The highest BCUT2D eigenvalue weighted by Crippen LogP contribution is 2.34. The minimum Gasteiger partial charge on any atom is -0.393 e. The van der Waals surface area contributed by atoms with Crippen LogP contribution in [0.4, 0.5) is 28.7 Å². The van der Waals surface area contributed by atoms with Crippen molar-refractivity contribution in [3.8, 4) is 0 Å². The third-order valence-corrected chi connectivity index (χ3v) is 4.27. The second kappa shape index (κ2) is 7.13. The molecule has 0 fully saturated rings. The molecule has 5 nitrogen and oxygen atoms in total. The van der Waals surface area contributed by atoms with Crippen LogP contribution in [0.15, 0.2) is 48.8 Å². The molecule has 1 heterocycles. The number of nitrogen functional groups attached to an aromatic ring is 1. The van der Waals surface area contributed by atoms with E-state index in [4.69, 9.17) is 40.5 Å². The number of rotatable bonds is 4. The first kappa shape index (κ1) is 16.6. The molecular formula is C16H12Cl3N5. The number of nitrogens with zero attached hydrogens (tertiary/aromatic N) is 2. The van der Waals surface area contributed by atoms with Crippen LogP contribution in [-0.4, -0.2) is 9.97 Å². The highest BCUT2D eigenvalue weighted by atomic mass is 35.5. The third-order valence-electron chi connectivity index (χ3n) is 3.20. The molecule has 0 amide bonds. The molecule has 0 atom stereocenters. The number of benzene rings is 2. The maximum atomic E-state index is 6.17. The minimum atomic E-state index is 0.350. The molecule has 0 aliphatic carbocycles. The number of hydrogen-bond acceptors (Lipinski definition) is 5. The van der Waals surface area contributed by atoms with Crippen LogP contribution in [0.1, 0.15) is 0 Å². The van der Waals surface area contributed by atoms with E-state index in [0.29, 0.717) is 38.1 Å². The Morgan fingerprint density at radius 3 is 2.21 bits per heavy atom. The van der Waals surface area contributed by atoms with Crippen LogP contribution in [-0.2, 0) is 0 Å². The highest BCUT2D eigenvalue weighted by molar-refractivity contribution is 6.43. The van der Waals surface area contributed by atoms with Crippen molar-refractivity contribution < 1.29 is 0 Å². The van der Waals surface area contributed by atoms with Crippen LogP contribution >= 0.6 is 34.8 Å². The molecule has 0 unspecified atom stereocenters. The molecule has 0 aliphatic rings. The number of aromatic nitrogens is 2. The zero-order chi connectivity index (χ0) is 17.1. The molecule has 4 N–H and O–H groups in total. The van der Waals surface area contributed by atoms with Crippen molar-refractivity contribution in [1.29, 1.82) is 0 Å². The maximum Gasteiger partial charge on any atom is 0.159 e. The molecule has 0 saturated heterocycles. The van der Waals surface area contributed by atoms with Gasteiger partial charge in [0, 0.05) is 10.7 Å². The highest BCUT2D eigenvalue weighted by Gasteiger charge is 2.11. The van der Waals surface area contributed by atoms with Crippen LogP contribution in [0.5, 0.6) is 0 Å². The molecule has 1 aromatic heterocycles. The smallest absolute Gasteiger partial charge is 0.159 e. The molecule has 2 aromatic carbocycles. The van der Waals surface area contributed by atoms with E-state index in [1.54, 1.807) is 30.3 Å². The molecule has 0 bridgehead atoms. The van der Waals surface area contributed by atoms with Crippen molar-refractivity contribution in [3.05, 3.63) is 63.9 Å². The number of hydrogen-bond donors (Lipinski definition) is 3. The van der Waals surface area contributed by atoms with Gasteiger partial charge in [0.05, 0.1) is 15.7 Å². The van der Waals surface area contributed by atoms with Crippen molar-refractivity contribution in [2.24, 2.45) is 0 Å². The van der Waals surface area contributed by atoms with E-state index < -0.39 is 0 Å². The summed E-state index contributed by atoms with van der Waals surface area (Å²) in [5.41, 5.74) is 7.90. The van der Waals surface area contributed by atoms with Crippen LogP contribution in [0, 0.1) is 0 Å². The fraction of sp³-hybridized carbons (Fsp3) is 0. The minimum absolute atomic E-state index is 0.350. The van der Waals surface area contributed by atoms with E-state index in [9.17, 15) is 0 Å². The van der Waals surface area contributed by atoms with Crippen molar-refractivity contribution in [1.82, 2.24) is 9.97 Å². The van der Waals surface area contributed by atoms with E-state index in [2.05, 4.69) is 20.6 Å². The van der Waals surface area contributed by atoms with Crippen LogP contribution in [0.25, 0.3) is 0 Å². The fourth-order valence-electron chi connectivity index (χ4n) is 1.99. The SMILES string of the molecule is Nc1c(Nc2ccc(Cl)cc2)ncnc1Nc1cccc(Cl)c1Cl. The lowest BCUT2D eigenvalue weighted by atomic mass is 10.3. The Labute approximate surface area is 153 Å². The fourth-order valence-corrected chi connectivity index (χ4v) is 2.47. The summed E-state index contributed by atoms with van der Waals surface area (Å²) in [5, 5.41) is 7.66. The first-order valence-electron chi connectivity index (χ1n) is 6.88. The van der Waals surface area contributed by atoms with E-state index in [1.165, 1.54) is 6.33 Å². The monoisotopic (exact) mass is 379 g/mol.